The zero-order valence-electron chi connectivity index (χ0n) is 15.7. The van der Waals surface area contributed by atoms with E-state index in [-0.39, 0.29) is 0 Å². The van der Waals surface area contributed by atoms with E-state index in [1.165, 1.54) is 5.56 Å². The molecule has 0 aliphatic rings. The van der Waals surface area contributed by atoms with E-state index in [2.05, 4.69) is 68.6 Å². The first-order chi connectivity index (χ1) is 12.0. The van der Waals surface area contributed by atoms with Crippen LogP contribution in [0.4, 0.5) is 5.82 Å². The summed E-state index contributed by atoms with van der Waals surface area (Å²) in [7, 11) is 1.91. The molecule has 0 aliphatic heterocycles. The fraction of sp³-hybridized carbons (Fsp3) is 0.333. The maximum absolute atomic E-state index is 5.00. The first-order valence-electron chi connectivity index (χ1n) is 8.73. The van der Waals surface area contributed by atoms with E-state index in [0.29, 0.717) is 5.92 Å². The van der Waals surface area contributed by atoms with Crippen LogP contribution in [-0.2, 0) is 6.54 Å². The molecule has 0 saturated heterocycles. The van der Waals surface area contributed by atoms with Crippen molar-refractivity contribution in [1.82, 2.24) is 14.5 Å². The van der Waals surface area contributed by atoms with E-state index in [9.17, 15) is 0 Å². The Hall–Kier alpha value is -2.62. The lowest BCUT2D eigenvalue weighted by atomic mass is 10.0. The summed E-state index contributed by atoms with van der Waals surface area (Å²) in [6.45, 7) is 13.2. The molecule has 0 saturated carbocycles. The molecule has 3 heterocycles. The summed E-state index contributed by atoms with van der Waals surface area (Å²) in [5.41, 5.74) is 7.62. The normalized spacial score (nSPS) is 11.3. The second kappa shape index (κ2) is 6.71. The predicted molar refractivity (Wildman–Crippen MR) is 106 cm³/mol. The second-order valence-electron chi connectivity index (χ2n) is 6.81. The van der Waals surface area contributed by atoms with Crippen molar-refractivity contribution < 1.29 is 0 Å². The highest BCUT2D eigenvalue weighted by atomic mass is 15.0. The minimum absolute atomic E-state index is 0.396. The molecule has 0 fully saturated rings. The van der Waals surface area contributed by atoms with Gasteiger partial charge in [-0.3, -0.25) is 0 Å². The molecule has 0 atom stereocenters. The molecule has 0 aromatic carbocycles. The lowest BCUT2D eigenvalue weighted by Crippen LogP contribution is -2.02. The molecule has 4 nitrogen and oxygen atoms in total. The van der Waals surface area contributed by atoms with Crippen LogP contribution in [0.3, 0.4) is 0 Å². The standard InChI is InChI=1S/C21H26N4/c1-7-10-25-12-15(5)20-18(25)11-14(4)19(24-20)16-8-9-17(13(2)3)23-21(16)22-6/h7-9,11-13H,1,10H2,2-6H3,(H,22,23). The first-order valence-corrected chi connectivity index (χ1v) is 8.73. The molecule has 0 aliphatic carbocycles. The fourth-order valence-electron chi connectivity index (χ4n) is 3.21. The minimum Gasteiger partial charge on any atom is -0.373 e. The van der Waals surface area contributed by atoms with E-state index in [0.717, 1.165) is 45.9 Å². The van der Waals surface area contributed by atoms with Gasteiger partial charge in [-0.15, -0.1) is 6.58 Å². The highest BCUT2D eigenvalue weighted by Crippen LogP contribution is 2.32. The van der Waals surface area contributed by atoms with Crippen LogP contribution >= 0.6 is 0 Å². The molecule has 25 heavy (non-hydrogen) atoms. The zero-order chi connectivity index (χ0) is 18.1. The Morgan fingerprint density at radius 1 is 1.20 bits per heavy atom. The first kappa shape index (κ1) is 17.2. The topological polar surface area (TPSA) is 42.7 Å². The molecule has 3 aromatic rings. The molecule has 3 rings (SSSR count). The second-order valence-corrected chi connectivity index (χ2v) is 6.81. The highest BCUT2D eigenvalue weighted by Gasteiger charge is 2.15. The number of allylic oxidation sites excluding steroid dienone is 1. The number of rotatable bonds is 5. The van der Waals surface area contributed by atoms with E-state index in [4.69, 9.17) is 9.97 Å². The Kier molecular flexibility index (Phi) is 4.62. The smallest absolute Gasteiger partial charge is 0.135 e. The minimum atomic E-state index is 0.396. The molecule has 0 unspecified atom stereocenters. The fourth-order valence-corrected chi connectivity index (χ4v) is 3.21. The van der Waals surface area contributed by atoms with E-state index >= 15 is 0 Å². The Labute approximate surface area is 149 Å². The molecule has 1 N–H and O–H groups in total. The van der Waals surface area contributed by atoms with Crippen LogP contribution in [0.2, 0.25) is 0 Å². The number of anilines is 1. The summed E-state index contributed by atoms with van der Waals surface area (Å²) in [6.07, 6.45) is 4.05. The lowest BCUT2D eigenvalue weighted by Gasteiger charge is -2.14. The van der Waals surface area contributed by atoms with Crippen LogP contribution in [-0.4, -0.2) is 21.6 Å². The van der Waals surface area contributed by atoms with E-state index in [1.54, 1.807) is 0 Å². The van der Waals surface area contributed by atoms with Gasteiger partial charge in [0.1, 0.15) is 5.82 Å². The Morgan fingerprint density at radius 2 is 1.96 bits per heavy atom. The van der Waals surface area contributed by atoms with Crippen molar-refractivity contribution >= 4 is 16.9 Å². The lowest BCUT2D eigenvalue weighted by molar-refractivity contribution is 0.824. The van der Waals surface area contributed by atoms with Crippen molar-refractivity contribution in [1.29, 1.82) is 0 Å². The average Bonchev–Trinajstić information content (AvgIpc) is 2.89. The van der Waals surface area contributed by atoms with Crippen molar-refractivity contribution in [2.45, 2.75) is 40.2 Å². The van der Waals surface area contributed by atoms with Crippen LogP contribution in [0, 0.1) is 13.8 Å². The third kappa shape index (κ3) is 3.04. The summed E-state index contributed by atoms with van der Waals surface area (Å²) in [5.74, 6) is 1.28. The van der Waals surface area contributed by atoms with Gasteiger partial charge in [0.2, 0.25) is 0 Å². The number of aromatic nitrogens is 3. The Morgan fingerprint density at radius 3 is 2.60 bits per heavy atom. The summed E-state index contributed by atoms with van der Waals surface area (Å²) in [5, 5.41) is 3.24. The molecule has 130 valence electrons. The summed E-state index contributed by atoms with van der Waals surface area (Å²) < 4.78 is 2.19. The summed E-state index contributed by atoms with van der Waals surface area (Å²) >= 11 is 0. The van der Waals surface area contributed by atoms with Gasteiger partial charge in [0, 0.05) is 31.0 Å². The van der Waals surface area contributed by atoms with Gasteiger partial charge < -0.3 is 9.88 Å². The largest absolute Gasteiger partial charge is 0.373 e. The molecule has 4 heteroatoms. The van der Waals surface area contributed by atoms with Gasteiger partial charge in [-0.25, -0.2) is 9.97 Å². The van der Waals surface area contributed by atoms with E-state index in [1.807, 2.05) is 13.1 Å². The number of fused-ring (bicyclic) bond motifs is 1. The van der Waals surface area contributed by atoms with Crippen molar-refractivity contribution in [3.05, 3.63) is 53.9 Å². The molecular weight excluding hydrogens is 308 g/mol. The molecule has 3 aromatic heterocycles. The maximum Gasteiger partial charge on any atom is 0.135 e. The predicted octanol–water partition coefficient (Wildman–Crippen LogP) is 5.07. The van der Waals surface area contributed by atoms with Crippen LogP contribution in [0.25, 0.3) is 22.3 Å². The van der Waals surface area contributed by atoms with Crippen LogP contribution in [0.1, 0.15) is 36.6 Å². The number of nitrogens with zero attached hydrogens (tertiary/aromatic N) is 3. The van der Waals surface area contributed by atoms with Gasteiger partial charge in [0.25, 0.3) is 0 Å². The van der Waals surface area contributed by atoms with Gasteiger partial charge >= 0.3 is 0 Å². The molecule has 0 radical (unpaired) electrons. The molecule has 0 spiro atoms. The number of aryl methyl sites for hydroxylation is 2. The molecule has 0 amide bonds. The monoisotopic (exact) mass is 334 g/mol. The number of nitrogens with one attached hydrogen (secondary N) is 1. The van der Waals surface area contributed by atoms with E-state index < -0.39 is 0 Å². The third-order valence-corrected chi connectivity index (χ3v) is 4.55. The van der Waals surface area contributed by atoms with Crippen molar-refractivity contribution in [2.24, 2.45) is 0 Å². The molecular formula is C21H26N4. The van der Waals surface area contributed by atoms with Crippen molar-refractivity contribution in [2.75, 3.05) is 12.4 Å². The Bertz CT molecular complexity index is 935. The zero-order valence-corrected chi connectivity index (χ0v) is 15.7. The molecule has 0 bridgehead atoms. The quantitative estimate of drug-likeness (QED) is 0.663. The van der Waals surface area contributed by atoms with Gasteiger partial charge in [0.05, 0.1) is 16.7 Å². The van der Waals surface area contributed by atoms with Gasteiger partial charge in [0.15, 0.2) is 0 Å². The Balaban J connectivity index is 2.21. The highest BCUT2D eigenvalue weighted by molar-refractivity contribution is 5.86. The number of pyridine rings is 2. The van der Waals surface area contributed by atoms with Crippen molar-refractivity contribution in [3.63, 3.8) is 0 Å². The number of hydrogen-bond acceptors (Lipinski definition) is 3. The van der Waals surface area contributed by atoms with Gasteiger partial charge in [-0.2, -0.15) is 0 Å². The summed E-state index contributed by atoms with van der Waals surface area (Å²) in [6, 6.07) is 6.44. The SMILES string of the molecule is C=CCn1cc(C)c2nc(-c3ccc(C(C)C)nc3NC)c(C)cc21. The average molecular weight is 334 g/mol. The number of hydrogen-bond donors (Lipinski definition) is 1. The van der Waals surface area contributed by atoms with Gasteiger partial charge in [-0.1, -0.05) is 19.9 Å². The van der Waals surface area contributed by atoms with Crippen LogP contribution in [0.15, 0.2) is 37.1 Å². The van der Waals surface area contributed by atoms with Crippen LogP contribution in [0.5, 0.6) is 0 Å². The summed E-state index contributed by atoms with van der Waals surface area (Å²) in [4.78, 5) is 9.77. The maximum atomic E-state index is 5.00. The van der Waals surface area contributed by atoms with Gasteiger partial charge in [-0.05, 0) is 49.1 Å². The van der Waals surface area contributed by atoms with Crippen molar-refractivity contribution in [3.8, 4) is 11.3 Å². The third-order valence-electron chi connectivity index (χ3n) is 4.55. The van der Waals surface area contributed by atoms with Crippen LogP contribution < -0.4 is 5.32 Å².